The lowest BCUT2D eigenvalue weighted by Crippen LogP contribution is -2.15. The summed E-state index contributed by atoms with van der Waals surface area (Å²) in [7, 11) is 0. The van der Waals surface area contributed by atoms with Crippen LogP contribution in [-0.2, 0) is 11.3 Å². The average Bonchev–Trinajstić information content (AvgIpc) is 3.27. The van der Waals surface area contributed by atoms with E-state index in [0.717, 1.165) is 28.7 Å². The highest BCUT2D eigenvalue weighted by Crippen LogP contribution is 2.25. The molecule has 1 aromatic heterocycles. The highest BCUT2D eigenvalue weighted by atomic mass is 16.5. The predicted octanol–water partition coefficient (Wildman–Crippen LogP) is 2.80. The lowest BCUT2D eigenvalue weighted by molar-refractivity contribution is 0.102. The first-order chi connectivity index (χ1) is 15.0. The number of benzene rings is 2. The van der Waals surface area contributed by atoms with Crippen LogP contribution in [0.25, 0.3) is 11.1 Å². The smallest absolute Gasteiger partial charge is 0.138 e. The molecule has 2 aromatic carbocycles. The summed E-state index contributed by atoms with van der Waals surface area (Å²) >= 11 is 0. The summed E-state index contributed by atoms with van der Waals surface area (Å²) in [6.07, 6.45) is 3.75. The molecule has 6 nitrogen and oxygen atoms in total. The minimum absolute atomic E-state index is 0.163. The van der Waals surface area contributed by atoms with Crippen LogP contribution in [0.3, 0.4) is 0 Å². The maximum absolute atomic E-state index is 9.82. The van der Waals surface area contributed by atoms with Crippen LogP contribution < -0.4 is 5.73 Å². The van der Waals surface area contributed by atoms with E-state index in [2.05, 4.69) is 41.1 Å². The van der Waals surface area contributed by atoms with E-state index in [4.69, 9.17) is 10.5 Å². The molecule has 0 bridgehead atoms. The van der Waals surface area contributed by atoms with Crippen LogP contribution in [0.1, 0.15) is 42.4 Å². The SMILES string of the molecule is C[C@H](O)c1nccn1C(C#Cc1ccc(-c2ccc(COC3CC3N)cc2)cc1)CO. The molecule has 1 heterocycles. The van der Waals surface area contributed by atoms with Gasteiger partial charge in [0.25, 0.3) is 0 Å². The van der Waals surface area contributed by atoms with E-state index in [-0.39, 0.29) is 18.8 Å². The highest BCUT2D eigenvalue weighted by Gasteiger charge is 2.34. The number of nitrogens with zero attached hydrogens (tertiary/aromatic N) is 2. The van der Waals surface area contributed by atoms with Crippen molar-refractivity contribution in [1.29, 1.82) is 0 Å². The van der Waals surface area contributed by atoms with Crippen molar-refractivity contribution in [3.63, 3.8) is 0 Å². The molecule has 3 aromatic rings. The van der Waals surface area contributed by atoms with E-state index in [1.54, 1.807) is 23.9 Å². The van der Waals surface area contributed by atoms with Gasteiger partial charge in [-0.1, -0.05) is 48.2 Å². The number of hydrogen-bond donors (Lipinski definition) is 3. The molecule has 4 N–H and O–H groups in total. The topological polar surface area (TPSA) is 93.5 Å². The molecule has 4 rings (SSSR count). The Morgan fingerprint density at radius 3 is 2.39 bits per heavy atom. The van der Waals surface area contributed by atoms with E-state index < -0.39 is 12.1 Å². The second kappa shape index (κ2) is 9.46. The monoisotopic (exact) mass is 417 g/mol. The molecule has 160 valence electrons. The fraction of sp³-hybridized carbons (Fsp3) is 0.320. The van der Waals surface area contributed by atoms with Gasteiger partial charge in [0.1, 0.15) is 18.0 Å². The molecule has 3 unspecified atom stereocenters. The van der Waals surface area contributed by atoms with Gasteiger partial charge in [0, 0.05) is 24.0 Å². The van der Waals surface area contributed by atoms with Crippen LogP contribution in [0, 0.1) is 11.8 Å². The predicted molar refractivity (Wildman–Crippen MR) is 119 cm³/mol. The number of aliphatic hydroxyl groups excluding tert-OH is 2. The zero-order valence-corrected chi connectivity index (χ0v) is 17.5. The fourth-order valence-corrected chi connectivity index (χ4v) is 3.41. The Labute approximate surface area is 182 Å². The minimum atomic E-state index is -0.727. The molecule has 0 spiro atoms. The van der Waals surface area contributed by atoms with Gasteiger partial charge in [0.05, 0.1) is 19.3 Å². The van der Waals surface area contributed by atoms with E-state index in [0.29, 0.717) is 12.4 Å². The zero-order valence-electron chi connectivity index (χ0n) is 17.5. The van der Waals surface area contributed by atoms with E-state index in [9.17, 15) is 10.2 Å². The molecule has 0 saturated heterocycles. The van der Waals surface area contributed by atoms with Crippen molar-refractivity contribution in [2.24, 2.45) is 5.73 Å². The van der Waals surface area contributed by atoms with Crippen molar-refractivity contribution in [2.75, 3.05) is 6.61 Å². The summed E-state index contributed by atoms with van der Waals surface area (Å²) in [4.78, 5) is 4.14. The third-order valence-corrected chi connectivity index (χ3v) is 5.38. The van der Waals surface area contributed by atoms with Gasteiger partial charge in [0.15, 0.2) is 0 Å². The van der Waals surface area contributed by atoms with Gasteiger partial charge in [-0.25, -0.2) is 4.98 Å². The summed E-state index contributed by atoms with van der Waals surface area (Å²) in [5.74, 6) is 6.66. The lowest BCUT2D eigenvalue weighted by atomic mass is 10.0. The number of hydrogen-bond acceptors (Lipinski definition) is 5. The van der Waals surface area contributed by atoms with E-state index >= 15 is 0 Å². The van der Waals surface area contributed by atoms with Gasteiger partial charge >= 0.3 is 0 Å². The highest BCUT2D eigenvalue weighted by molar-refractivity contribution is 5.64. The summed E-state index contributed by atoms with van der Waals surface area (Å²) in [6.45, 7) is 2.07. The molecule has 0 amide bonds. The van der Waals surface area contributed by atoms with E-state index in [1.807, 2.05) is 24.3 Å². The van der Waals surface area contributed by atoms with Gasteiger partial charge in [-0.3, -0.25) is 0 Å². The van der Waals surface area contributed by atoms with Crippen LogP contribution in [0.5, 0.6) is 0 Å². The largest absolute Gasteiger partial charge is 0.393 e. The Balaban J connectivity index is 1.42. The van der Waals surface area contributed by atoms with Crippen LogP contribution in [0.2, 0.25) is 0 Å². The van der Waals surface area contributed by atoms with Gasteiger partial charge in [-0.15, -0.1) is 0 Å². The van der Waals surface area contributed by atoms with Crippen LogP contribution in [0.15, 0.2) is 60.9 Å². The normalized spacial score (nSPS) is 19.4. The molecule has 6 heteroatoms. The number of ether oxygens (including phenoxy) is 1. The Hall–Kier alpha value is -2.95. The standard InChI is InChI=1S/C25H27N3O3/c1-17(30)25-27-12-13-28(25)22(15-29)11-6-18-2-7-20(8-3-18)21-9-4-19(5-10-21)16-31-24-14-23(24)26/h2-5,7-10,12-13,17,22-24,29-30H,14-16,26H2,1H3/t17-,22?,23?,24?/m0/s1. The van der Waals surface area contributed by atoms with Crippen LogP contribution >= 0.6 is 0 Å². The molecule has 1 saturated carbocycles. The maximum Gasteiger partial charge on any atom is 0.138 e. The molecule has 0 aliphatic heterocycles. The number of aliphatic hydroxyl groups is 2. The Morgan fingerprint density at radius 2 is 1.81 bits per heavy atom. The molecule has 4 atom stereocenters. The summed E-state index contributed by atoms with van der Waals surface area (Å²) in [6, 6.07) is 16.1. The maximum atomic E-state index is 9.82. The van der Waals surface area contributed by atoms with Crippen molar-refractivity contribution >= 4 is 0 Å². The van der Waals surface area contributed by atoms with E-state index in [1.165, 1.54) is 0 Å². The average molecular weight is 418 g/mol. The Bertz CT molecular complexity index is 1060. The molecular weight excluding hydrogens is 390 g/mol. The first-order valence-electron chi connectivity index (χ1n) is 10.4. The third kappa shape index (κ3) is 5.22. The quantitative estimate of drug-likeness (QED) is 0.514. The van der Waals surface area contributed by atoms with Gasteiger partial charge in [-0.2, -0.15) is 0 Å². The van der Waals surface area contributed by atoms with Crippen LogP contribution in [0.4, 0.5) is 0 Å². The Kier molecular flexibility index (Phi) is 6.50. The Morgan fingerprint density at radius 1 is 1.16 bits per heavy atom. The first-order valence-corrected chi connectivity index (χ1v) is 10.4. The summed E-state index contributed by atoms with van der Waals surface area (Å²) in [5.41, 5.74) is 9.99. The molecule has 1 fully saturated rings. The van der Waals surface area contributed by atoms with Crippen molar-refractivity contribution in [1.82, 2.24) is 9.55 Å². The number of rotatable bonds is 7. The molecule has 1 aliphatic carbocycles. The van der Waals surface area contributed by atoms with Crippen molar-refractivity contribution in [3.05, 3.63) is 77.9 Å². The van der Waals surface area contributed by atoms with Gasteiger partial charge in [0.2, 0.25) is 0 Å². The van der Waals surface area contributed by atoms with Crippen LogP contribution in [-0.4, -0.2) is 38.5 Å². The van der Waals surface area contributed by atoms with Crippen molar-refractivity contribution < 1.29 is 14.9 Å². The van der Waals surface area contributed by atoms with Gasteiger partial charge < -0.3 is 25.3 Å². The lowest BCUT2D eigenvalue weighted by Gasteiger charge is -2.14. The number of aromatic nitrogens is 2. The first kappa shape index (κ1) is 21.3. The van der Waals surface area contributed by atoms with Gasteiger partial charge in [-0.05, 0) is 42.2 Å². The fourth-order valence-electron chi connectivity index (χ4n) is 3.41. The number of imidazole rings is 1. The molecule has 1 aliphatic rings. The third-order valence-electron chi connectivity index (χ3n) is 5.38. The molecular formula is C25H27N3O3. The molecule has 0 radical (unpaired) electrons. The van der Waals surface area contributed by atoms with Crippen molar-refractivity contribution in [3.8, 4) is 23.0 Å². The number of nitrogens with two attached hydrogens (primary N) is 1. The second-order valence-corrected chi connectivity index (χ2v) is 7.86. The van der Waals surface area contributed by atoms with Crippen molar-refractivity contribution in [2.45, 2.75) is 44.2 Å². The summed E-state index contributed by atoms with van der Waals surface area (Å²) in [5, 5.41) is 19.6. The summed E-state index contributed by atoms with van der Waals surface area (Å²) < 4.78 is 7.44. The second-order valence-electron chi connectivity index (χ2n) is 7.86. The molecule has 31 heavy (non-hydrogen) atoms. The minimum Gasteiger partial charge on any atom is -0.393 e. The zero-order chi connectivity index (χ0) is 21.8.